The molecule has 0 aliphatic carbocycles. The van der Waals surface area contributed by atoms with Crippen molar-refractivity contribution >= 4 is 5.96 Å². The second-order valence-corrected chi connectivity index (χ2v) is 7.17. The Morgan fingerprint density at radius 2 is 2.00 bits per heavy atom. The van der Waals surface area contributed by atoms with Crippen LogP contribution in [0.5, 0.6) is 5.75 Å². The molecule has 5 nitrogen and oxygen atoms in total. The Morgan fingerprint density at radius 3 is 2.77 bits per heavy atom. The van der Waals surface area contributed by atoms with Crippen LogP contribution in [-0.4, -0.2) is 29.6 Å². The van der Waals surface area contributed by atoms with Gasteiger partial charge in [0.1, 0.15) is 11.4 Å². The molecule has 5 heteroatoms. The van der Waals surface area contributed by atoms with Gasteiger partial charge in [-0.25, -0.2) is 0 Å². The number of hydrogen-bond donors (Lipinski definition) is 2. The van der Waals surface area contributed by atoms with Crippen LogP contribution in [-0.2, 0) is 6.42 Å². The van der Waals surface area contributed by atoms with Crippen LogP contribution in [0.3, 0.4) is 0 Å². The van der Waals surface area contributed by atoms with Gasteiger partial charge in [-0.1, -0.05) is 18.2 Å². The zero-order chi connectivity index (χ0) is 18.4. The number of benzene rings is 1. The standard InChI is InChI=1S/C21H28N4O/c1-4-23-20(24-14-11-16-9-12-22-13-10-16)25-18-15-21(2,3)26-19-8-6-5-7-17(18)19/h5-10,12-13,18H,4,11,14-15H2,1-3H3,(H2,23,24,25). The molecule has 2 N–H and O–H groups in total. The summed E-state index contributed by atoms with van der Waals surface area (Å²) in [5.41, 5.74) is 2.23. The molecule has 2 aromatic rings. The molecule has 0 saturated carbocycles. The van der Waals surface area contributed by atoms with Crippen molar-refractivity contribution < 1.29 is 4.74 Å². The quantitative estimate of drug-likeness (QED) is 0.639. The molecule has 26 heavy (non-hydrogen) atoms. The van der Waals surface area contributed by atoms with Crippen LogP contribution in [0.1, 0.15) is 44.4 Å². The van der Waals surface area contributed by atoms with Crippen LogP contribution in [0.4, 0.5) is 0 Å². The number of rotatable bonds is 5. The van der Waals surface area contributed by atoms with E-state index in [9.17, 15) is 0 Å². The van der Waals surface area contributed by atoms with Gasteiger partial charge in [-0.3, -0.25) is 9.98 Å². The SMILES string of the molecule is CCNC(=NCCc1ccncc1)NC1CC(C)(C)Oc2ccccc21. The number of nitrogens with one attached hydrogen (secondary N) is 2. The fraction of sp³-hybridized carbons (Fsp3) is 0.429. The Kier molecular flexibility index (Phi) is 5.76. The van der Waals surface area contributed by atoms with E-state index < -0.39 is 0 Å². The number of nitrogens with zero attached hydrogens (tertiary/aromatic N) is 2. The van der Waals surface area contributed by atoms with Gasteiger partial charge in [0.05, 0.1) is 6.04 Å². The fourth-order valence-electron chi connectivity index (χ4n) is 3.26. The maximum Gasteiger partial charge on any atom is 0.191 e. The number of fused-ring (bicyclic) bond motifs is 1. The van der Waals surface area contributed by atoms with Gasteiger partial charge in [-0.2, -0.15) is 0 Å². The highest BCUT2D eigenvalue weighted by atomic mass is 16.5. The molecule has 0 amide bonds. The zero-order valence-corrected chi connectivity index (χ0v) is 15.8. The average molecular weight is 352 g/mol. The second-order valence-electron chi connectivity index (χ2n) is 7.17. The molecule has 1 unspecified atom stereocenters. The highest BCUT2D eigenvalue weighted by molar-refractivity contribution is 5.80. The Morgan fingerprint density at radius 1 is 1.23 bits per heavy atom. The third kappa shape index (κ3) is 4.75. The molecular weight excluding hydrogens is 324 g/mol. The predicted molar refractivity (Wildman–Crippen MR) is 106 cm³/mol. The van der Waals surface area contributed by atoms with Crippen molar-refractivity contribution in [2.45, 2.75) is 45.3 Å². The van der Waals surface area contributed by atoms with Crippen molar-refractivity contribution in [2.24, 2.45) is 4.99 Å². The number of pyridine rings is 1. The third-order valence-corrected chi connectivity index (χ3v) is 4.45. The maximum absolute atomic E-state index is 6.12. The largest absolute Gasteiger partial charge is 0.487 e. The molecule has 0 bridgehead atoms. The Labute approximate surface area is 155 Å². The summed E-state index contributed by atoms with van der Waals surface area (Å²) >= 11 is 0. The minimum Gasteiger partial charge on any atom is -0.487 e. The molecule has 1 aromatic heterocycles. The van der Waals surface area contributed by atoms with E-state index in [-0.39, 0.29) is 11.6 Å². The summed E-state index contributed by atoms with van der Waals surface area (Å²) in [6, 6.07) is 12.5. The first-order valence-corrected chi connectivity index (χ1v) is 9.29. The molecule has 0 radical (unpaired) electrons. The number of aliphatic imine (C=N–C) groups is 1. The highest BCUT2D eigenvalue weighted by Gasteiger charge is 2.33. The summed E-state index contributed by atoms with van der Waals surface area (Å²) < 4.78 is 6.12. The van der Waals surface area contributed by atoms with Gasteiger partial charge in [-0.05, 0) is 51.0 Å². The number of guanidine groups is 1. The average Bonchev–Trinajstić information content (AvgIpc) is 2.62. The second kappa shape index (κ2) is 8.21. The van der Waals surface area contributed by atoms with Gasteiger partial charge in [0.2, 0.25) is 0 Å². The topological polar surface area (TPSA) is 58.5 Å². The van der Waals surface area contributed by atoms with Crippen molar-refractivity contribution in [2.75, 3.05) is 13.1 Å². The minimum absolute atomic E-state index is 0.175. The minimum atomic E-state index is -0.208. The van der Waals surface area contributed by atoms with Gasteiger partial charge in [-0.15, -0.1) is 0 Å². The van der Waals surface area contributed by atoms with Crippen LogP contribution in [0.25, 0.3) is 0 Å². The van der Waals surface area contributed by atoms with Crippen LogP contribution in [0.15, 0.2) is 53.8 Å². The van der Waals surface area contributed by atoms with E-state index in [2.05, 4.69) is 48.5 Å². The molecule has 1 aliphatic heterocycles. The summed E-state index contributed by atoms with van der Waals surface area (Å²) in [7, 11) is 0. The molecule has 138 valence electrons. The van der Waals surface area contributed by atoms with Crippen molar-refractivity contribution in [3.05, 3.63) is 59.9 Å². The number of ether oxygens (including phenoxy) is 1. The van der Waals surface area contributed by atoms with Crippen LogP contribution in [0.2, 0.25) is 0 Å². The third-order valence-electron chi connectivity index (χ3n) is 4.45. The number of para-hydroxylation sites is 1. The predicted octanol–water partition coefficient (Wildman–Crippen LogP) is 3.48. The Bertz CT molecular complexity index is 743. The van der Waals surface area contributed by atoms with Gasteiger partial charge < -0.3 is 15.4 Å². The van der Waals surface area contributed by atoms with Crippen molar-refractivity contribution in [3.63, 3.8) is 0 Å². The van der Waals surface area contributed by atoms with E-state index in [1.165, 1.54) is 11.1 Å². The lowest BCUT2D eigenvalue weighted by atomic mass is 9.90. The number of aromatic nitrogens is 1. The molecule has 1 aliphatic rings. The molecule has 3 rings (SSSR count). The summed E-state index contributed by atoms with van der Waals surface area (Å²) in [5.74, 6) is 1.80. The first-order chi connectivity index (χ1) is 12.6. The fourth-order valence-corrected chi connectivity index (χ4v) is 3.26. The van der Waals surface area contributed by atoms with E-state index in [4.69, 9.17) is 9.73 Å². The first-order valence-electron chi connectivity index (χ1n) is 9.29. The first kappa shape index (κ1) is 18.2. The van der Waals surface area contributed by atoms with Crippen LogP contribution in [0, 0.1) is 0 Å². The van der Waals surface area contributed by atoms with E-state index >= 15 is 0 Å². The summed E-state index contributed by atoms with van der Waals surface area (Å²) in [5, 5.41) is 6.96. The van der Waals surface area contributed by atoms with Crippen molar-refractivity contribution in [3.8, 4) is 5.75 Å². The molecule has 0 fully saturated rings. The molecule has 1 atom stereocenters. The van der Waals surface area contributed by atoms with Gasteiger partial charge in [0, 0.05) is 37.5 Å². The van der Waals surface area contributed by atoms with Crippen molar-refractivity contribution in [1.82, 2.24) is 15.6 Å². The van der Waals surface area contributed by atoms with Gasteiger partial charge in [0.25, 0.3) is 0 Å². The number of hydrogen-bond acceptors (Lipinski definition) is 3. The zero-order valence-electron chi connectivity index (χ0n) is 15.8. The van der Waals surface area contributed by atoms with E-state index in [1.54, 1.807) is 0 Å². The molecule has 1 aromatic carbocycles. The Balaban J connectivity index is 1.72. The lowest BCUT2D eigenvalue weighted by Gasteiger charge is -2.38. The van der Waals surface area contributed by atoms with Crippen molar-refractivity contribution in [1.29, 1.82) is 0 Å². The lowest BCUT2D eigenvalue weighted by molar-refractivity contribution is 0.0694. The molecular formula is C21H28N4O. The monoisotopic (exact) mass is 352 g/mol. The highest BCUT2D eigenvalue weighted by Crippen LogP contribution is 2.39. The van der Waals surface area contributed by atoms with Gasteiger partial charge >= 0.3 is 0 Å². The maximum atomic E-state index is 6.12. The Hall–Kier alpha value is -2.56. The van der Waals surface area contributed by atoms with Gasteiger partial charge in [0.15, 0.2) is 5.96 Å². The normalized spacial score (nSPS) is 18.6. The van der Waals surface area contributed by atoms with E-state index in [0.717, 1.165) is 37.6 Å². The smallest absolute Gasteiger partial charge is 0.191 e. The summed E-state index contributed by atoms with van der Waals surface area (Å²) in [4.78, 5) is 8.81. The van der Waals surface area contributed by atoms with Crippen LogP contribution < -0.4 is 15.4 Å². The molecule has 0 saturated heterocycles. The van der Waals surface area contributed by atoms with E-state index in [0.29, 0.717) is 0 Å². The molecule has 0 spiro atoms. The van der Waals surface area contributed by atoms with E-state index in [1.807, 2.05) is 36.7 Å². The summed E-state index contributed by atoms with van der Waals surface area (Å²) in [6.45, 7) is 7.90. The summed E-state index contributed by atoms with van der Waals surface area (Å²) in [6.07, 6.45) is 5.43. The molecule has 2 heterocycles. The lowest BCUT2D eigenvalue weighted by Crippen LogP contribution is -2.45. The van der Waals surface area contributed by atoms with Crippen LogP contribution >= 0.6 is 0 Å².